The van der Waals surface area contributed by atoms with Gasteiger partial charge in [-0.25, -0.2) is 0 Å². The average molecular weight is 457 g/mol. The molecular formula is C27H48N6. The van der Waals surface area contributed by atoms with E-state index in [4.69, 9.17) is 15.0 Å². The highest BCUT2D eigenvalue weighted by molar-refractivity contribution is 5.46. The molecule has 4 fully saturated rings. The summed E-state index contributed by atoms with van der Waals surface area (Å²) in [5.74, 6) is 5.44. The average Bonchev–Trinajstić information content (AvgIpc) is 2.61. The first-order chi connectivity index (χ1) is 15.0. The van der Waals surface area contributed by atoms with Crippen molar-refractivity contribution in [2.24, 2.45) is 34.5 Å². The quantitative estimate of drug-likeness (QED) is 0.449. The molecule has 4 bridgehead atoms. The van der Waals surface area contributed by atoms with Crippen LogP contribution in [0.15, 0.2) is 0 Å². The van der Waals surface area contributed by atoms with Crippen LogP contribution in [0.1, 0.15) is 101 Å². The Morgan fingerprint density at radius 3 is 1.27 bits per heavy atom. The van der Waals surface area contributed by atoms with E-state index in [9.17, 15) is 0 Å². The maximum Gasteiger partial charge on any atom is 0.229 e. The van der Waals surface area contributed by atoms with Gasteiger partial charge >= 0.3 is 0 Å². The summed E-state index contributed by atoms with van der Waals surface area (Å²) in [6.07, 6.45) is 6.97. The lowest BCUT2D eigenvalue weighted by molar-refractivity contribution is 0.00728. The number of rotatable bonds is 6. The monoisotopic (exact) mass is 456 g/mol. The highest BCUT2D eigenvalue weighted by Crippen LogP contribution is 2.54. The van der Waals surface area contributed by atoms with Gasteiger partial charge in [-0.3, -0.25) is 0 Å². The lowest BCUT2D eigenvalue weighted by atomic mass is 9.54. The maximum absolute atomic E-state index is 4.89. The minimum Gasteiger partial charge on any atom is -0.351 e. The van der Waals surface area contributed by atoms with Crippen LogP contribution in [0.2, 0.25) is 0 Å². The first-order valence-electron chi connectivity index (χ1n) is 13.1. The molecule has 0 aromatic carbocycles. The fourth-order valence-corrected chi connectivity index (χ4v) is 5.80. The molecule has 3 N–H and O–H groups in total. The van der Waals surface area contributed by atoms with Crippen LogP contribution in [-0.4, -0.2) is 32.1 Å². The summed E-state index contributed by atoms with van der Waals surface area (Å²) in [4.78, 5) is 14.6. The van der Waals surface area contributed by atoms with Crippen molar-refractivity contribution in [2.75, 3.05) is 16.0 Å². The van der Waals surface area contributed by atoms with Gasteiger partial charge in [0.05, 0.1) is 0 Å². The Morgan fingerprint density at radius 2 is 0.909 bits per heavy atom. The first-order valence-corrected chi connectivity index (χ1v) is 13.1. The Hall–Kier alpha value is -1.59. The molecule has 0 radical (unpaired) electrons. The summed E-state index contributed by atoms with van der Waals surface area (Å²) in [5, 5.41) is 11.1. The van der Waals surface area contributed by atoms with Gasteiger partial charge in [-0.15, -0.1) is 0 Å². The molecule has 0 spiro atoms. The van der Waals surface area contributed by atoms with E-state index in [0.29, 0.717) is 23.9 Å². The van der Waals surface area contributed by atoms with Crippen molar-refractivity contribution in [3.63, 3.8) is 0 Å². The zero-order chi connectivity index (χ0) is 24.4. The van der Waals surface area contributed by atoms with E-state index in [0.717, 1.165) is 23.7 Å². The number of aromatic nitrogens is 3. The van der Waals surface area contributed by atoms with E-state index in [1.807, 2.05) is 0 Å². The van der Waals surface area contributed by atoms with Gasteiger partial charge in [0, 0.05) is 17.1 Å². The highest BCUT2D eigenvalue weighted by Gasteiger charge is 2.48. The van der Waals surface area contributed by atoms with E-state index in [2.05, 4.69) is 85.2 Å². The Bertz CT molecular complexity index is 786. The van der Waals surface area contributed by atoms with Crippen molar-refractivity contribution in [1.82, 2.24) is 15.0 Å². The van der Waals surface area contributed by atoms with Crippen LogP contribution in [0.4, 0.5) is 17.8 Å². The van der Waals surface area contributed by atoms with Gasteiger partial charge in [0.2, 0.25) is 17.8 Å². The van der Waals surface area contributed by atoms with Crippen molar-refractivity contribution >= 4 is 17.8 Å². The fourth-order valence-electron chi connectivity index (χ4n) is 5.80. The van der Waals surface area contributed by atoms with Crippen LogP contribution < -0.4 is 16.0 Å². The fraction of sp³-hybridized carbons (Fsp3) is 0.889. The van der Waals surface area contributed by atoms with Crippen LogP contribution in [0.3, 0.4) is 0 Å². The van der Waals surface area contributed by atoms with Crippen molar-refractivity contribution < 1.29 is 0 Å². The predicted octanol–water partition coefficient (Wildman–Crippen LogP) is 6.58. The molecule has 5 rings (SSSR count). The molecule has 4 aliphatic rings. The van der Waals surface area contributed by atoms with Crippen molar-refractivity contribution in [3.05, 3.63) is 0 Å². The molecule has 186 valence electrons. The second-order valence-electron chi connectivity index (χ2n) is 14.4. The van der Waals surface area contributed by atoms with Gasteiger partial charge in [-0.2, -0.15) is 15.0 Å². The number of anilines is 3. The Balaban J connectivity index is 1.63. The molecule has 1 aromatic rings. The topological polar surface area (TPSA) is 74.8 Å². The molecule has 1 aromatic heterocycles. The van der Waals surface area contributed by atoms with Gasteiger partial charge in [0.1, 0.15) is 0 Å². The molecule has 0 saturated heterocycles. The number of nitrogens with one attached hydrogen (secondary N) is 3. The maximum atomic E-state index is 4.89. The van der Waals surface area contributed by atoms with Crippen molar-refractivity contribution in [1.29, 1.82) is 0 Å². The molecule has 0 unspecified atom stereocenters. The molecule has 1 heterocycles. The van der Waals surface area contributed by atoms with Crippen LogP contribution in [-0.2, 0) is 0 Å². The van der Waals surface area contributed by atoms with E-state index < -0.39 is 0 Å². The number of hydrogen-bond acceptors (Lipinski definition) is 6. The van der Waals surface area contributed by atoms with Crippen LogP contribution in [0, 0.1) is 34.5 Å². The van der Waals surface area contributed by atoms with Crippen molar-refractivity contribution in [2.45, 2.75) is 118 Å². The SMILES string of the molecule is CC(C)(C)C(C)(C)Nc1nc(NC2C3CC4CC(C3)CC2C4)nc(NC(C)(C)C(C)(C)C)n1. The minimum absolute atomic E-state index is 0.0485. The third-order valence-corrected chi connectivity index (χ3v) is 9.76. The Morgan fingerprint density at radius 1 is 0.545 bits per heavy atom. The molecule has 0 aliphatic heterocycles. The normalized spacial score (nSPS) is 29.8. The van der Waals surface area contributed by atoms with Crippen molar-refractivity contribution in [3.8, 4) is 0 Å². The lowest BCUT2D eigenvalue weighted by Gasteiger charge is -2.54. The molecular weight excluding hydrogens is 408 g/mol. The van der Waals surface area contributed by atoms with Crippen LogP contribution in [0.25, 0.3) is 0 Å². The molecule has 4 aliphatic carbocycles. The largest absolute Gasteiger partial charge is 0.351 e. The number of hydrogen-bond donors (Lipinski definition) is 3. The molecule has 0 atom stereocenters. The van der Waals surface area contributed by atoms with Gasteiger partial charge in [-0.1, -0.05) is 41.5 Å². The second-order valence-corrected chi connectivity index (χ2v) is 14.4. The third kappa shape index (κ3) is 4.95. The Kier molecular flexibility index (Phi) is 5.93. The predicted molar refractivity (Wildman–Crippen MR) is 139 cm³/mol. The summed E-state index contributed by atoms with van der Waals surface area (Å²) < 4.78 is 0. The van der Waals surface area contributed by atoms with E-state index in [1.165, 1.54) is 32.1 Å². The lowest BCUT2D eigenvalue weighted by Crippen LogP contribution is -2.51. The van der Waals surface area contributed by atoms with E-state index >= 15 is 0 Å². The van der Waals surface area contributed by atoms with Gasteiger partial charge in [0.25, 0.3) is 0 Å². The zero-order valence-electron chi connectivity index (χ0n) is 22.8. The molecule has 6 nitrogen and oxygen atoms in total. The summed E-state index contributed by atoms with van der Waals surface area (Å²) in [5.41, 5.74) is -0.254. The van der Waals surface area contributed by atoms with E-state index in [1.54, 1.807) is 0 Å². The smallest absolute Gasteiger partial charge is 0.229 e. The molecule has 4 saturated carbocycles. The van der Waals surface area contributed by atoms with Crippen LogP contribution >= 0.6 is 0 Å². The van der Waals surface area contributed by atoms with E-state index in [-0.39, 0.29) is 21.9 Å². The van der Waals surface area contributed by atoms with Gasteiger partial charge in [-0.05, 0) is 94.3 Å². The van der Waals surface area contributed by atoms with Gasteiger partial charge in [0.15, 0.2) is 0 Å². The number of nitrogens with zero attached hydrogens (tertiary/aromatic N) is 3. The standard InChI is InChI=1S/C27H48N6/c1-24(2,3)26(7,8)32-22-29-21(30-23(31-22)33-27(9,10)25(4,5)6)28-20-18-12-16-11-17(14-18)15-19(20)13-16/h16-20H,11-15H2,1-10H3,(H3,28,29,30,31,32,33). The molecule has 6 heteroatoms. The molecule has 33 heavy (non-hydrogen) atoms. The summed E-state index contributed by atoms with van der Waals surface area (Å²) in [6, 6.07) is 0.493. The van der Waals surface area contributed by atoms with Gasteiger partial charge < -0.3 is 16.0 Å². The Labute approximate surface area is 201 Å². The zero-order valence-corrected chi connectivity index (χ0v) is 22.8. The van der Waals surface area contributed by atoms with Crippen LogP contribution in [0.5, 0.6) is 0 Å². The highest BCUT2D eigenvalue weighted by atomic mass is 15.3. The summed E-state index contributed by atoms with van der Waals surface area (Å²) in [6.45, 7) is 22.3. The summed E-state index contributed by atoms with van der Waals surface area (Å²) in [7, 11) is 0. The second kappa shape index (κ2) is 7.98. The summed E-state index contributed by atoms with van der Waals surface area (Å²) >= 11 is 0. The first kappa shape index (κ1) is 24.5. The minimum atomic E-state index is -0.176. The third-order valence-electron chi connectivity index (χ3n) is 9.76. The molecule has 0 amide bonds.